The first-order chi connectivity index (χ1) is 7.56. The molecule has 0 radical (unpaired) electrons. The molecule has 0 aliphatic carbocycles. The monoisotopic (exact) mass is 239 g/mol. The van der Waals surface area contributed by atoms with Crippen molar-refractivity contribution in [3.8, 4) is 0 Å². The van der Waals surface area contributed by atoms with Crippen LogP contribution in [0.15, 0.2) is 6.20 Å². The van der Waals surface area contributed by atoms with Crippen LogP contribution < -0.4 is 0 Å². The first-order valence-corrected chi connectivity index (χ1v) is 5.17. The van der Waals surface area contributed by atoms with E-state index < -0.39 is 5.97 Å². The summed E-state index contributed by atoms with van der Waals surface area (Å²) in [4.78, 5) is 15.0. The van der Waals surface area contributed by atoms with Gasteiger partial charge < -0.3 is 5.11 Å². The number of fused-ring (bicyclic) bond motifs is 1. The fourth-order valence-electron chi connectivity index (χ4n) is 1.66. The third-order valence-electron chi connectivity index (χ3n) is 2.43. The lowest BCUT2D eigenvalue weighted by molar-refractivity contribution is 0.0697. The van der Waals surface area contributed by atoms with Crippen LogP contribution in [0.3, 0.4) is 0 Å². The number of carboxylic acid groups (broad SMARTS) is 1. The van der Waals surface area contributed by atoms with E-state index in [9.17, 15) is 4.79 Å². The minimum absolute atomic E-state index is 0.0110. The van der Waals surface area contributed by atoms with Crippen molar-refractivity contribution >= 4 is 28.6 Å². The first-order valence-electron chi connectivity index (χ1n) is 4.79. The summed E-state index contributed by atoms with van der Waals surface area (Å²) in [5.41, 5.74) is 1.38. The Balaban J connectivity index is 2.86. The zero-order valence-corrected chi connectivity index (χ0v) is 9.62. The van der Waals surface area contributed by atoms with Gasteiger partial charge in [-0.05, 0) is 6.42 Å². The molecular weight excluding hydrogens is 230 g/mol. The molecular formula is C10H10ClN3O2. The lowest BCUT2D eigenvalue weighted by Crippen LogP contribution is -2.00. The van der Waals surface area contributed by atoms with Gasteiger partial charge in [-0.25, -0.2) is 9.78 Å². The van der Waals surface area contributed by atoms with Gasteiger partial charge in [-0.1, -0.05) is 18.5 Å². The van der Waals surface area contributed by atoms with E-state index in [1.807, 2.05) is 6.92 Å². The molecule has 0 unspecified atom stereocenters. The molecule has 0 saturated carbocycles. The van der Waals surface area contributed by atoms with Gasteiger partial charge >= 0.3 is 5.97 Å². The molecule has 16 heavy (non-hydrogen) atoms. The van der Waals surface area contributed by atoms with Gasteiger partial charge in [0.2, 0.25) is 0 Å². The van der Waals surface area contributed by atoms with Crippen molar-refractivity contribution in [2.45, 2.75) is 13.3 Å². The molecule has 0 aliphatic rings. The van der Waals surface area contributed by atoms with Gasteiger partial charge in [0.25, 0.3) is 0 Å². The zero-order chi connectivity index (χ0) is 11.9. The molecule has 1 N–H and O–H groups in total. The Bertz CT molecular complexity index is 577. The highest BCUT2D eigenvalue weighted by Gasteiger charge is 2.18. The van der Waals surface area contributed by atoms with Crippen molar-refractivity contribution in [3.63, 3.8) is 0 Å². The number of aromatic carboxylic acids is 1. The second-order valence-electron chi connectivity index (χ2n) is 3.41. The number of carboxylic acids is 1. The Labute approximate surface area is 96.7 Å². The molecule has 0 aromatic carbocycles. The van der Waals surface area contributed by atoms with Gasteiger partial charge in [-0.2, -0.15) is 5.10 Å². The summed E-state index contributed by atoms with van der Waals surface area (Å²) in [6.07, 6.45) is 1.94. The zero-order valence-electron chi connectivity index (χ0n) is 8.86. The minimum Gasteiger partial charge on any atom is -0.478 e. The number of halogens is 1. The molecule has 0 amide bonds. The minimum atomic E-state index is -1.08. The molecule has 5 nitrogen and oxygen atoms in total. The fraction of sp³-hybridized carbons (Fsp3) is 0.300. The van der Waals surface area contributed by atoms with E-state index >= 15 is 0 Å². The van der Waals surface area contributed by atoms with E-state index in [0.717, 1.165) is 5.69 Å². The molecule has 0 aliphatic heterocycles. The van der Waals surface area contributed by atoms with Crippen LogP contribution in [0.5, 0.6) is 0 Å². The number of pyridine rings is 1. The average molecular weight is 240 g/mol. The molecule has 2 rings (SSSR count). The number of aryl methyl sites for hydroxylation is 2. The van der Waals surface area contributed by atoms with Gasteiger partial charge in [-0.15, -0.1) is 0 Å². The van der Waals surface area contributed by atoms with Gasteiger partial charge in [0.1, 0.15) is 0 Å². The number of rotatable bonds is 2. The summed E-state index contributed by atoms with van der Waals surface area (Å²) < 4.78 is 1.60. The SMILES string of the molecule is CCc1nn(C)c2ncc(C(=O)O)c(Cl)c12. The molecule has 0 bridgehead atoms. The second kappa shape index (κ2) is 3.75. The van der Waals surface area contributed by atoms with Crippen molar-refractivity contribution in [2.75, 3.05) is 0 Å². The molecule has 2 aromatic rings. The van der Waals surface area contributed by atoms with E-state index in [1.165, 1.54) is 6.20 Å². The van der Waals surface area contributed by atoms with Crippen molar-refractivity contribution in [1.82, 2.24) is 14.8 Å². The molecule has 6 heteroatoms. The summed E-state index contributed by atoms with van der Waals surface area (Å²) in [5, 5.41) is 14.0. The Morgan fingerprint density at radius 2 is 2.31 bits per heavy atom. The van der Waals surface area contributed by atoms with Gasteiger partial charge in [0.05, 0.1) is 21.7 Å². The quantitative estimate of drug-likeness (QED) is 0.869. The average Bonchev–Trinajstić information content (AvgIpc) is 2.56. The van der Waals surface area contributed by atoms with Crippen LogP contribution in [0, 0.1) is 0 Å². The highest BCUT2D eigenvalue weighted by Crippen LogP contribution is 2.28. The molecule has 2 aromatic heterocycles. The van der Waals surface area contributed by atoms with E-state index in [-0.39, 0.29) is 10.6 Å². The van der Waals surface area contributed by atoms with Crippen LogP contribution in [0.4, 0.5) is 0 Å². The fourth-order valence-corrected chi connectivity index (χ4v) is 1.98. The second-order valence-corrected chi connectivity index (χ2v) is 3.79. The van der Waals surface area contributed by atoms with Crippen LogP contribution in [0.25, 0.3) is 11.0 Å². The highest BCUT2D eigenvalue weighted by atomic mass is 35.5. The maximum absolute atomic E-state index is 10.9. The van der Waals surface area contributed by atoms with Crippen LogP contribution in [-0.4, -0.2) is 25.8 Å². The maximum Gasteiger partial charge on any atom is 0.338 e. The summed E-state index contributed by atoms with van der Waals surface area (Å²) in [6, 6.07) is 0. The summed E-state index contributed by atoms with van der Waals surface area (Å²) in [6.45, 7) is 1.94. The predicted molar refractivity (Wildman–Crippen MR) is 59.9 cm³/mol. The third kappa shape index (κ3) is 1.44. The van der Waals surface area contributed by atoms with Crippen LogP contribution in [0.2, 0.25) is 5.02 Å². The molecule has 84 valence electrons. The molecule has 0 fully saturated rings. The summed E-state index contributed by atoms with van der Waals surface area (Å²) in [7, 11) is 1.76. The number of nitrogens with zero attached hydrogens (tertiary/aromatic N) is 3. The molecule has 0 spiro atoms. The van der Waals surface area contributed by atoms with Gasteiger partial charge in [0.15, 0.2) is 5.65 Å². The van der Waals surface area contributed by atoms with Crippen LogP contribution in [-0.2, 0) is 13.5 Å². The van der Waals surface area contributed by atoms with Crippen LogP contribution in [0.1, 0.15) is 23.0 Å². The largest absolute Gasteiger partial charge is 0.478 e. The van der Waals surface area contributed by atoms with Gasteiger partial charge in [0, 0.05) is 13.2 Å². The Kier molecular flexibility index (Phi) is 2.55. The predicted octanol–water partition coefficient (Wildman–Crippen LogP) is 1.88. The van der Waals surface area contributed by atoms with Crippen molar-refractivity contribution < 1.29 is 9.90 Å². The molecule has 0 atom stereocenters. The smallest absolute Gasteiger partial charge is 0.338 e. The van der Waals surface area contributed by atoms with E-state index in [2.05, 4.69) is 10.1 Å². The lowest BCUT2D eigenvalue weighted by atomic mass is 10.2. The standard InChI is InChI=1S/C10H10ClN3O2/c1-3-6-7-8(11)5(10(15)16)4-12-9(7)14(2)13-6/h4H,3H2,1-2H3,(H,15,16). The Morgan fingerprint density at radius 1 is 1.62 bits per heavy atom. The first kappa shape index (κ1) is 10.9. The Morgan fingerprint density at radius 3 is 2.88 bits per heavy atom. The summed E-state index contributed by atoms with van der Waals surface area (Å²) in [5.74, 6) is -1.08. The van der Waals surface area contributed by atoms with Crippen molar-refractivity contribution in [1.29, 1.82) is 0 Å². The van der Waals surface area contributed by atoms with Crippen LogP contribution >= 0.6 is 11.6 Å². The Hall–Kier alpha value is -1.62. The summed E-state index contributed by atoms with van der Waals surface area (Å²) >= 11 is 6.06. The molecule has 2 heterocycles. The number of aromatic nitrogens is 3. The van der Waals surface area contributed by atoms with Gasteiger partial charge in [-0.3, -0.25) is 4.68 Å². The van der Waals surface area contributed by atoms with E-state index in [1.54, 1.807) is 11.7 Å². The van der Waals surface area contributed by atoms with E-state index in [0.29, 0.717) is 17.5 Å². The topological polar surface area (TPSA) is 68.0 Å². The normalized spacial score (nSPS) is 10.9. The van der Waals surface area contributed by atoms with Crippen molar-refractivity contribution in [3.05, 3.63) is 22.5 Å². The van der Waals surface area contributed by atoms with E-state index in [4.69, 9.17) is 16.7 Å². The van der Waals surface area contributed by atoms with Crippen molar-refractivity contribution in [2.24, 2.45) is 7.05 Å². The number of carbonyl (C=O) groups is 1. The number of hydrogen-bond donors (Lipinski definition) is 1. The molecule has 0 saturated heterocycles. The maximum atomic E-state index is 10.9. The highest BCUT2D eigenvalue weighted by molar-refractivity contribution is 6.38. The third-order valence-corrected chi connectivity index (χ3v) is 2.82. The lowest BCUT2D eigenvalue weighted by Gasteiger charge is -2.00. The number of hydrogen-bond acceptors (Lipinski definition) is 3.